The van der Waals surface area contributed by atoms with Crippen LogP contribution in [-0.2, 0) is 0 Å². The van der Waals surface area contributed by atoms with Crippen molar-refractivity contribution in [2.24, 2.45) is 4.99 Å². The number of rotatable bonds is 0. The van der Waals surface area contributed by atoms with E-state index in [1.54, 1.807) is 11.8 Å². The molecule has 2 aliphatic heterocycles. The smallest absolute Gasteiger partial charge is 0.164 e. The number of thioether (sulfide) groups is 2. The minimum Gasteiger partial charge on any atom is -0.306 e. The average Bonchev–Trinajstić information content (AvgIpc) is 2.55. The van der Waals surface area contributed by atoms with E-state index in [-0.39, 0.29) is 0 Å². The zero-order valence-electron chi connectivity index (χ0n) is 5.95. The van der Waals surface area contributed by atoms with Crippen LogP contribution in [0, 0.1) is 0 Å². The minimum absolute atomic E-state index is 0.962. The summed E-state index contributed by atoms with van der Waals surface area (Å²) >= 11 is 8.75. The molecule has 0 aromatic carbocycles. The fourth-order valence-corrected chi connectivity index (χ4v) is 3.27. The van der Waals surface area contributed by atoms with Crippen LogP contribution >= 0.6 is 35.7 Å². The monoisotopic (exact) mass is 204 g/mol. The van der Waals surface area contributed by atoms with Crippen LogP contribution in [0.2, 0.25) is 0 Å². The van der Waals surface area contributed by atoms with Crippen molar-refractivity contribution in [2.45, 2.75) is 0 Å². The van der Waals surface area contributed by atoms with Crippen LogP contribution in [0.15, 0.2) is 4.99 Å². The van der Waals surface area contributed by atoms with Gasteiger partial charge in [-0.3, -0.25) is 4.99 Å². The summed E-state index contributed by atoms with van der Waals surface area (Å²) in [5, 5.41) is 1.14. The van der Waals surface area contributed by atoms with E-state index in [0.29, 0.717) is 0 Å². The molecule has 2 aliphatic rings. The van der Waals surface area contributed by atoms with Crippen LogP contribution in [0.1, 0.15) is 0 Å². The Morgan fingerprint density at radius 1 is 1.36 bits per heavy atom. The minimum atomic E-state index is 0.962. The van der Waals surface area contributed by atoms with Gasteiger partial charge in [0.25, 0.3) is 0 Å². The molecule has 0 amide bonds. The Morgan fingerprint density at radius 2 is 2.27 bits per heavy atom. The van der Waals surface area contributed by atoms with Gasteiger partial charge >= 0.3 is 0 Å². The largest absolute Gasteiger partial charge is 0.306 e. The zero-order valence-corrected chi connectivity index (χ0v) is 8.40. The van der Waals surface area contributed by atoms with Crippen molar-refractivity contribution in [3.63, 3.8) is 0 Å². The first-order valence-electron chi connectivity index (χ1n) is 3.49. The molecular weight excluding hydrogens is 196 g/mol. The molecule has 1 fully saturated rings. The molecule has 2 rings (SSSR count). The summed E-state index contributed by atoms with van der Waals surface area (Å²) in [5.41, 5.74) is 0. The van der Waals surface area contributed by atoms with E-state index in [9.17, 15) is 0 Å². The summed E-state index contributed by atoms with van der Waals surface area (Å²) in [6.45, 7) is 2.01. The molecule has 0 aromatic rings. The fraction of sp³-hybridized carbons (Fsp3) is 0.667. The predicted octanol–water partition coefficient (Wildman–Crippen LogP) is 1.42. The molecular formula is C6H8N2S3. The lowest BCUT2D eigenvalue weighted by Gasteiger charge is -2.14. The van der Waals surface area contributed by atoms with Gasteiger partial charge in [-0.05, 0) is 0 Å². The highest BCUT2D eigenvalue weighted by atomic mass is 32.2. The van der Waals surface area contributed by atoms with Crippen molar-refractivity contribution < 1.29 is 0 Å². The molecule has 11 heavy (non-hydrogen) atoms. The SMILES string of the molecule is S=C1SCCN1C1=NCCS1. The Labute approximate surface area is 79.8 Å². The van der Waals surface area contributed by atoms with Crippen molar-refractivity contribution in [3.05, 3.63) is 0 Å². The number of amidine groups is 1. The van der Waals surface area contributed by atoms with Gasteiger partial charge in [-0.1, -0.05) is 35.7 Å². The predicted molar refractivity (Wildman–Crippen MR) is 56.5 cm³/mol. The van der Waals surface area contributed by atoms with E-state index in [2.05, 4.69) is 9.89 Å². The Hall–Kier alpha value is 0.260. The third-order valence-corrected chi connectivity index (χ3v) is 3.98. The highest BCUT2D eigenvalue weighted by molar-refractivity contribution is 8.23. The normalized spacial score (nSPS) is 24.5. The maximum absolute atomic E-state index is 5.17. The lowest BCUT2D eigenvalue weighted by molar-refractivity contribution is 0.699. The number of hydrogen-bond acceptors (Lipinski definition) is 4. The van der Waals surface area contributed by atoms with Crippen molar-refractivity contribution in [2.75, 3.05) is 24.6 Å². The first kappa shape index (κ1) is 7.89. The first-order chi connectivity index (χ1) is 5.38. The third-order valence-electron chi connectivity index (χ3n) is 1.56. The summed E-state index contributed by atoms with van der Waals surface area (Å²) in [6.07, 6.45) is 0. The molecule has 60 valence electrons. The second kappa shape index (κ2) is 3.33. The van der Waals surface area contributed by atoms with E-state index < -0.39 is 0 Å². The van der Waals surface area contributed by atoms with Crippen molar-refractivity contribution in [3.8, 4) is 0 Å². The van der Waals surface area contributed by atoms with Crippen LogP contribution in [0.4, 0.5) is 0 Å². The number of nitrogens with zero attached hydrogens (tertiary/aromatic N) is 2. The lowest BCUT2D eigenvalue weighted by atomic mass is 10.7. The van der Waals surface area contributed by atoms with Gasteiger partial charge in [0.2, 0.25) is 0 Å². The Balaban J connectivity index is 2.08. The molecule has 0 radical (unpaired) electrons. The van der Waals surface area contributed by atoms with Gasteiger partial charge in [-0.25, -0.2) is 0 Å². The molecule has 2 nitrogen and oxygen atoms in total. The topological polar surface area (TPSA) is 15.6 Å². The summed E-state index contributed by atoms with van der Waals surface area (Å²) in [5.74, 6) is 2.25. The van der Waals surface area contributed by atoms with Crippen molar-refractivity contribution in [1.29, 1.82) is 0 Å². The van der Waals surface area contributed by atoms with Gasteiger partial charge in [-0.15, -0.1) is 0 Å². The summed E-state index contributed by atoms with van der Waals surface area (Å²) in [6, 6.07) is 0. The molecule has 2 heterocycles. The third kappa shape index (κ3) is 1.55. The van der Waals surface area contributed by atoms with Crippen molar-refractivity contribution >= 4 is 45.2 Å². The van der Waals surface area contributed by atoms with E-state index >= 15 is 0 Å². The van der Waals surface area contributed by atoms with E-state index in [1.807, 2.05) is 11.8 Å². The number of hydrogen-bond donors (Lipinski definition) is 0. The van der Waals surface area contributed by atoms with Gasteiger partial charge in [0.15, 0.2) is 5.17 Å². The summed E-state index contributed by atoms with van der Waals surface area (Å²) < 4.78 is 0.998. The lowest BCUT2D eigenvalue weighted by Crippen LogP contribution is -2.27. The number of thiocarbonyl (C=S) groups is 1. The maximum Gasteiger partial charge on any atom is 0.164 e. The van der Waals surface area contributed by atoms with Crippen LogP contribution < -0.4 is 0 Å². The van der Waals surface area contributed by atoms with E-state index in [1.165, 1.54) is 0 Å². The molecule has 0 N–H and O–H groups in total. The van der Waals surface area contributed by atoms with Gasteiger partial charge in [-0.2, -0.15) is 0 Å². The zero-order chi connectivity index (χ0) is 7.68. The van der Waals surface area contributed by atoms with Gasteiger partial charge in [0.05, 0.1) is 6.54 Å². The molecule has 5 heteroatoms. The Kier molecular flexibility index (Phi) is 2.39. The highest BCUT2D eigenvalue weighted by Gasteiger charge is 2.24. The molecule has 0 unspecified atom stereocenters. The molecule has 0 bridgehead atoms. The van der Waals surface area contributed by atoms with Gasteiger partial charge in [0, 0.05) is 18.1 Å². The highest BCUT2D eigenvalue weighted by Crippen LogP contribution is 2.24. The molecule has 0 aromatic heterocycles. The molecule has 0 saturated carbocycles. The van der Waals surface area contributed by atoms with Crippen LogP contribution in [0.5, 0.6) is 0 Å². The molecule has 1 saturated heterocycles. The second-order valence-corrected chi connectivity index (χ2v) is 5.07. The molecule has 0 atom stereocenters. The fourth-order valence-electron chi connectivity index (χ4n) is 1.05. The van der Waals surface area contributed by atoms with Crippen LogP contribution in [-0.4, -0.2) is 39.0 Å². The summed E-state index contributed by atoms with van der Waals surface area (Å²) in [7, 11) is 0. The maximum atomic E-state index is 5.17. The Morgan fingerprint density at radius 3 is 2.82 bits per heavy atom. The second-order valence-electron chi connectivity index (χ2n) is 2.28. The van der Waals surface area contributed by atoms with E-state index in [0.717, 1.165) is 34.1 Å². The first-order valence-corrected chi connectivity index (χ1v) is 5.87. The van der Waals surface area contributed by atoms with Gasteiger partial charge in [0.1, 0.15) is 4.32 Å². The molecule has 0 aliphatic carbocycles. The van der Waals surface area contributed by atoms with Crippen LogP contribution in [0.3, 0.4) is 0 Å². The van der Waals surface area contributed by atoms with Gasteiger partial charge < -0.3 is 4.90 Å². The standard InChI is InChI=1S/C6H8N2S3/c9-6-8(2-4-11-6)5-7-1-3-10-5/h1-4H2. The van der Waals surface area contributed by atoms with Crippen LogP contribution in [0.25, 0.3) is 0 Å². The van der Waals surface area contributed by atoms with E-state index in [4.69, 9.17) is 12.2 Å². The Bertz CT molecular complexity index is 214. The quantitative estimate of drug-likeness (QED) is 0.554. The van der Waals surface area contributed by atoms with Crippen molar-refractivity contribution in [1.82, 2.24) is 4.90 Å². The number of aliphatic imine (C=N–C) groups is 1. The summed E-state index contributed by atoms with van der Waals surface area (Å²) in [4.78, 5) is 6.52. The average molecular weight is 204 g/mol. The molecule has 0 spiro atoms.